The van der Waals surface area contributed by atoms with Crippen LogP contribution < -0.4 is 15.4 Å². The molecule has 3 rings (SSSR count). The molecule has 1 saturated heterocycles. The predicted molar refractivity (Wildman–Crippen MR) is 135 cm³/mol. The molecule has 2 atom stereocenters. The Bertz CT molecular complexity index is 1100. The first-order valence-corrected chi connectivity index (χ1v) is 12.3. The molecule has 0 aliphatic carbocycles. The van der Waals surface area contributed by atoms with Crippen LogP contribution in [0.25, 0.3) is 0 Å². The van der Waals surface area contributed by atoms with E-state index in [1.54, 1.807) is 39.0 Å². The van der Waals surface area contributed by atoms with E-state index < -0.39 is 47.5 Å². The van der Waals surface area contributed by atoms with E-state index in [0.717, 1.165) is 5.56 Å². The molecule has 3 amide bonds. The van der Waals surface area contributed by atoms with Crippen LogP contribution in [0.1, 0.15) is 31.7 Å². The van der Waals surface area contributed by atoms with Gasteiger partial charge in [0.25, 0.3) is 0 Å². The maximum atomic E-state index is 13.3. The quantitative estimate of drug-likeness (QED) is 0.456. The first kappa shape index (κ1) is 26.9. The van der Waals surface area contributed by atoms with Gasteiger partial charge in [-0.05, 0) is 38.5 Å². The lowest BCUT2D eigenvalue weighted by molar-refractivity contribution is -0.163. The summed E-state index contributed by atoms with van der Waals surface area (Å²) in [6, 6.07) is 14.1. The molecular formula is C25H29N3O7S. The minimum atomic E-state index is -1.12. The molecule has 2 aromatic rings. The fourth-order valence-corrected chi connectivity index (χ4v) is 4.90. The van der Waals surface area contributed by atoms with Crippen LogP contribution >= 0.6 is 11.8 Å². The van der Waals surface area contributed by atoms with Crippen molar-refractivity contribution in [2.45, 2.75) is 37.8 Å². The maximum Gasteiger partial charge on any atom is 0.341 e. The number of aliphatic carboxylic acids is 1. The summed E-state index contributed by atoms with van der Waals surface area (Å²) in [7, 11) is 0. The number of ether oxygens (including phenoxy) is 2. The van der Waals surface area contributed by atoms with Crippen LogP contribution in [0.15, 0.2) is 54.6 Å². The molecule has 0 unspecified atom stereocenters. The van der Waals surface area contributed by atoms with E-state index in [1.807, 2.05) is 30.3 Å². The average molecular weight is 516 g/mol. The summed E-state index contributed by atoms with van der Waals surface area (Å²) >= 11 is 1.46. The number of hydrogen-bond acceptors (Lipinski definition) is 7. The summed E-state index contributed by atoms with van der Waals surface area (Å²) in [6.45, 7) is 4.44. The topological polar surface area (TPSA) is 134 Å². The fraction of sp³-hybridized carbons (Fsp3) is 0.360. The highest BCUT2D eigenvalue weighted by Crippen LogP contribution is 2.41. The minimum absolute atomic E-state index is 0.270. The molecule has 0 bridgehead atoms. The molecule has 0 radical (unpaired) electrons. The third kappa shape index (κ3) is 7.64. The number of rotatable bonds is 8. The van der Waals surface area contributed by atoms with E-state index >= 15 is 0 Å². The lowest BCUT2D eigenvalue weighted by atomic mass is 10.1. The van der Waals surface area contributed by atoms with Crippen LogP contribution in [-0.2, 0) is 19.1 Å². The lowest BCUT2D eigenvalue weighted by Crippen LogP contribution is -2.49. The van der Waals surface area contributed by atoms with E-state index in [4.69, 9.17) is 14.6 Å². The summed E-state index contributed by atoms with van der Waals surface area (Å²) < 4.78 is 10.6. The van der Waals surface area contributed by atoms with Gasteiger partial charge in [0.05, 0.1) is 6.54 Å². The Hall–Kier alpha value is -3.73. The van der Waals surface area contributed by atoms with Gasteiger partial charge in [0, 0.05) is 17.5 Å². The lowest BCUT2D eigenvalue weighted by Gasteiger charge is -2.30. The van der Waals surface area contributed by atoms with Crippen LogP contribution in [-0.4, -0.2) is 64.4 Å². The molecule has 1 aliphatic rings. The maximum absolute atomic E-state index is 13.3. The van der Waals surface area contributed by atoms with Gasteiger partial charge >= 0.3 is 18.0 Å². The summed E-state index contributed by atoms with van der Waals surface area (Å²) in [6.07, 6.45) is 0. The number of anilines is 1. The van der Waals surface area contributed by atoms with Gasteiger partial charge in [-0.2, -0.15) is 0 Å². The number of carbonyl (C=O) groups excluding carboxylic acids is 3. The third-order valence-electron chi connectivity index (χ3n) is 4.91. The minimum Gasteiger partial charge on any atom is -0.482 e. The summed E-state index contributed by atoms with van der Waals surface area (Å²) in [5.41, 5.74) is 0.514. The van der Waals surface area contributed by atoms with E-state index in [-0.39, 0.29) is 12.3 Å². The molecule has 3 N–H and O–H groups in total. The Labute approximate surface area is 213 Å². The number of amides is 3. The number of hydrogen-bond donors (Lipinski definition) is 3. The average Bonchev–Trinajstić information content (AvgIpc) is 3.27. The van der Waals surface area contributed by atoms with Gasteiger partial charge < -0.3 is 30.1 Å². The number of esters is 1. The Morgan fingerprint density at radius 3 is 2.47 bits per heavy atom. The van der Waals surface area contributed by atoms with E-state index in [2.05, 4.69) is 10.6 Å². The Balaban J connectivity index is 1.67. The van der Waals surface area contributed by atoms with E-state index in [9.17, 15) is 19.2 Å². The number of nitrogens with one attached hydrogen (secondary N) is 2. The summed E-state index contributed by atoms with van der Waals surface area (Å²) in [4.78, 5) is 50.7. The number of benzene rings is 2. The van der Waals surface area contributed by atoms with Gasteiger partial charge in [-0.15, -0.1) is 11.8 Å². The first-order valence-electron chi connectivity index (χ1n) is 11.2. The number of thioether (sulfide) groups is 1. The van der Waals surface area contributed by atoms with Crippen LogP contribution in [0.5, 0.6) is 5.75 Å². The van der Waals surface area contributed by atoms with Crippen LogP contribution in [0.3, 0.4) is 0 Å². The molecule has 0 aromatic heterocycles. The molecule has 1 heterocycles. The SMILES string of the molecule is CC(C)(C)OC(=O)[C@@H]1CS[C@H](c2ccccc2)N1C(=O)CNC(=O)Nc1cccc(OCC(=O)O)c1. The van der Waals surface area contributed by atoms with Gasteiger partial charge in [-0.1, -0.05) is 36.4 Å². The van der Waals surface area contributed by atoms with Crippen molar-refractivity contribution in [3.63, 3.8) is 0 Å². The van der Waals surface area contributed by atoms with Gasteiger partial charge in [0.1, 0.15) is 22.8 Å². The van der Waals surface area contributed by atoms with Crippen molar-refractivity contribution >= 4 is 41.3 Å². The largest absolute Gasteiger partial charge is 0.482 e. The van der Waals surface area contributed by atoms with Crippen LogP contribution in [0.2, 0.25) is 0 Å². The standard InChI is InChI=1S/C25H29N3O7S/c1-25(2,3)35-23(32)19-15-36-22(16-8-5-4-6-9-16)28(19)20(29)13-26-24(33)27-17-10-7-11-18(12-17)34-14-21(30)31/h4-12,19,22H,13-15H2,1-3H3,(H,30,31)(H2,26,27,33)/t19-,22+/m0/s1. The van der Waals surface area contributed by atoms with Gasteiger partial charge in [0.2, 0.25) is 5.91 Å². The normalized spacial score (nSPS) is 17.2. The molecule has 11 heteroatoms. The second kappa shape index (κ2) is 11.8. The van der Waals surface area contributed by atoms with Gasteiger partial charge in [0.15, 0.2) is 6.61 Å². The zero-order valence-electron chi connectivity index (χ0n) is 20.2. The zero-order chi connectivity index (χ0) is 26.3. The molecular weight excluding hydrogens is 486 g/mol. The second-order valence-corrected chi connectivity index (χ2v) is 10.1. The predicted octanol–water partition coefficient (Wildman–Crippen LogP) is 3.26. The van der Waals surface area contributed by atoms with Gasteiger partial charge in [-0.25, -0.2) is 14.4 Å². The summed E-state index contributed by atoms with van der Waals surface area (Å²) in [5, 5.41) is 13.4. The number of carboxylic acid groups (broad SMARTS) is 1. The highest BCUT2D eigenvalue weighted by molar-refractivity contribution is 7.99. The number of nitrogens with zero attached hydrogens (tertiary/aromatic N) is 1. The van der Waals surface area contributed by atoms with Crippen LogP contribution in [0.4, 0.5) is 10.5 Å². The Kier molecular flexibility index (Phi) is 8.81. The highest BCUT2D eigenvalue weighted by atomic mass is 32.2. The van der Waals surface area contributed by atoms with Crippen molar-refractivity contribution in [3.05, 3.63) is 60.2 Å². The van der Waals surface area contributed by atoms with Gasteiger partial charge in [-0.3, -0.25) is 4.79 Å². The van der Waals surface area contributed by atoms with E-state index in [1.165, 1.54) is 22.7 Å². The molecule has 10 nitrogen and oxygen atoms in total. The van der Waals surface area contributed by atoms with Crippen molar-refractivity contribution in [3.8, 4) is 5.75 Å². The summed E-state index contributed by atoms with van der Waals surface area (Å²) in [5.74, 6) is -1.41. The molecule has 1 aliphatic heterocycles. The van der Waals surface area contributed by atoms with Crippen molar-refractivity contribution < 1.29 is 33.8 Å². The Morgan fingerprint density at radius 2 is 1.81 bits per heavy atom. The second-order valence-electron chi connectivity index (χ2n) is 8.96. The number of carbonyl (C=O) groups is 4. The molecule has 0 spiro atoms. The smallest absolute Gasteiger partial charge is 0.341 e. The molecule has 2 aromatic carbocycles. The molecule has 0 saturated carbocycles. The highest BCUT2D eigenvalue weighted by Gasteiger charge is 2.43. The van der Waals surface area contributed by atoms with Crippen molar-refractivity contribution in [2.75, 3.05) is 24.2 Å². The monoisotopic (exact) mass is 515 g/mol. The van der Waals surface area contributed by atoms with Crippen LogP contribution in [0, 0.1) is 0 Å². The third-order valence-corrected chi connectivity index (χ3v) is 6.23. The molecule has 192 valence electrons. The Morgan fingerprint density at radius 1 is 1.08 bits per heavy atom. The van der Waals surface area contributed by atoms with Crippen molar-refractivity contribution in [1.29, 1.82) is 0 Å². The zero-order valence-corrected chi connectivity index (χ0v) is 21.0. The van der Waals surface area contributed by atoms with E-state index in [0.29, 0.717) is 11.4 Å². The fourth-order valence-electron chi connectivity index (χ4n) is 3.47. The van der Waals surface area contributed by atoms with Crippen molar-refractivity contribution in [2.24, 2.45) is 0 Å². The number of urea groups is 1. The molecule has 36 heavy (non-hydrogen) atoms. The first-order chi connectivity index (χ1) is 17.0. The van der Waals surface area contributed by atoms with Crippen molar-refractivity contribution in [1.82, 2.24) is 10.2 Å². The number of carboxylic acids is 1. The molecule has 1 fully saturated rings.